The van der Waals surface area contributed by atoms with Gasteiger partial charge in [-0.3, -0.25) is 9.59 Å². The van der Waals surface area contributed by atoms with E-state index in [-0.39, 0.29) is 23.6 Å². The van der Waals surface area contributed by atoms with Gasteiger partial charge in [0.05, 0.1) is 0 Å². The van der Waals surface area contributed by atoms with Gasteiger partial charge in [-0.1, -0.05) is 0 Å². The number of H-pyrrole nitrogens is 1. The van der Waals surface area contributed by atoms with Crippen molar-refractivity contribution in [3.05, 3.63) is 34.2 Å². The van der Waals surface area contributed by atoms with Gasteiger partial charge in [0.15, 0.2) is 5.43 Å². The lowest BCUT2D eigenvalue weighted by Crippen LogP contribution is -2.40. The molecule has 1 heterocycles. The maximum atomic E-state index is 11.6. The Morgan fingerprint density at radius 1 is 1.28 bits per heavy atom. The van der Waals surface area contributed by atoms with Crippen LogP contribution >= 0.6 is 0 Å². The second-order valence-corrected chi connectivity index (χ2v) is 3.80. The second kappa shape index (κ2) is 6.43. The summed E-state index contributed by atoms with van der Waals surface area (Å²) in [6.07, 6.45) is 2.80. The summed E-state index contributed by atoms with van der Waals surface area (Å²) in [5.41, 5.74) is -0.292. The van der Waals surface area contributed by atoms with Gasteiger partial charge in [0, 0.05) is 45.6 Å². The summed E-state index contributed by atoms with van der Waals surface area (Å²) in [4.78, 5) is 38.1. The standard InChI is InChI=1S/C11H16N4O3/c1-15(2)11(18)14-6-5-13-10(17)8-7-12-4-3-9(8)16/h3-4,7H,5-6H2,1-2H3,(H,12,16)(H,13,17)(H,14,18). The molecule has 1 aromatic rings. The van der Waals surface area contributed by atoms with Gasteiger partial charge < -0.3 is 20.5 Å². The normalized spacial score (nSPS) is 9.67. The third-order valence-corrected chi connectivity index (χ3v) is 2.16. The van der Waals surface area contributed by atoms with Gasteiger partial charge in [-0.2, -0.15) is 0 Å². The Balaban J connectivity index is 2.37. The highest BCUT2D eigenvalue weighted by molar-refractivity contribution is 5.93. The molecular weight excluding hydrogens is 236 g/mol. The summed E-state index contributed by atoms with van der Waals surface area (Å²) >= 11 is 0. The number of nitrogens with one attached hydrogen (secondary N) is 3. The van der Waals surface area contributed by atoms with Crippen molar-refractivity contribution in [2.24, 2.45) is 0 Å². The molecule has 0 spiro atoms. The second-order valence-electron chi connectivity index (χ2n) is 3.80. The predicted molar refractivity (Wildman–Crippen MR) is 66.5 cm³/mol. The summed E-state index contributed by atoms with van der Waals surface area (Å²) < 4.78 is 0. The Morgan fingerprint density at radius 3 is 2.56 bits per heavy atom. The molecule has 0 fully saturated rings. The number of hydrogen-bond donors (Lipinski definition) is 3. The Morgan fingerprint density at radius 2 is 1.94 bits per heavy atom. The Bertz CT molecular complexity index is 481. The van der Waals surface area contributed by atoms with E-state index in [9.17, 15) is 14.4 Å². The van der Waals surface area contributed by atoms with Crippen molar-refractivity contribution >= 4 is 11.9 Å². The lowest BCUT2D eigenvalue weighted by molar-refractivity contribution is 0.0952. The number of pyridine rings is 1. The van der Waals surface area contributed by atoms with Crippen molar-refractivity contribution in [1.29, 1.82) is 0 Å². The van der Waals surface area contributed by atoms with Crippen LogP contribution in [0.2, 0.25) is 0 Å². The molecule has 1 rings (SSSR count). The molecule has 0 aliphatic heterocycles. The summed E-state index contributed by atoms with van der Waals surface area (Å²) in [7, 11) is 3.24. The Hall–Kier alpha value is -2.31. The maximum absolute atomic E-state index is 11.6. The van der Waals surface area contributed by atoms with E-state index >= 15 is 0 Å². The molecule has 0 unspecified atom stereocenters. The first kappa shape index (κ1) is 13.8. The molecule has 98 valence electrons. The van der Waals surface area contributed by atoms with E-state index in [0.29, 0.717) is 6.54 Å². The first-order valence-electron chi connectivity index (χ1n) is 5.43. The van der Waals surface area contributed by atoms with Crippen LogP contribution in [0.1, 0.15) is 10.4 Å². The topological polar surface area (TPSA) is 94.3 Å². The number of nitrogens with zero attached hydrogens (tertiary/aromatic N) is 1. The van der Waals surface area contributed by atoms with Crippen molar-refractivity contribution in [3.8, 4) is 0 Å². The molecule has 3 N–H and O–H groups in total. The number of amides is 3. The lowest BCUT2D eigenvalue weighted by atomic mass is 10.2. The zero-order valence-electron chi connectivity index (χ0n) is 10.3. The summed E-state index contributed by atoms with van der Waals surface area (Å²) in [5, 5.41) is 5.13. The summed E-state index contributed by atoms with van der Waals surface area (Å²) in [6, 6.07) is 1.05. The molecule has 0 atom stereocenters. The van der Waals surface area contributed by atoms with Crippen LogP contribution in [-0.4, -0.2) is 49.0 Å². The lowest BCUT2D eigenvalue weighted by Gasteiger charge is -2.12. The molecule has 3 amide bonds. The average molecular weight is 252 g/mol. The highest BCUT2D eigenvalue weighted by atomic mass is 16.2. The molecule has 0 saturated heterocycles. The zero-order valence-corrected chi connectivity index (χ0v) is 10.3. The molecule has 0 aromatic carbocycles. The van der Waals surface area contributed by atoms with Gasteiger partial charge in [0.2, 0.25) is 0 Å². The largest absolute Gasteiger partial charge is 0.367 e. The van der Waals surface area contributed by atoms with Crippen LogP contribution in [0.5, 0.6) is 0 Å². The van der Waals surface area contributed by atoms with Crippen LogP contribution in [0.4, 0.5) is 4.79 Å². The van der Waals surface area contributed by atoms with Gasteiger partial charge in [0.1, 0.15) is 5.56 Å². The fourth-order valence-corrected chi connectivity index (χ4v) is 1.19. The molecule has 0 bridgehead atoms. The highest BCUT2D eigenvalue weighted by Gasteiger charge is 2.08. The third kappa shape index (κ3) is 3.93. The number of rotatable bonds is 4. The van der Waals surface area contributed by atoms with E-state index < -0.39 is 5.91 Å². The maximum Gasteiger partial charge on any atom is 0.316 e. The quantitative estimate of drug-likeness (QED) is 0.623. The van der Waals surface area contributed by atoms with Crippen molar-refractivity contribution in [2.45, 2.75) is 0 Å². The number of carbonyl (C=O) groups is 2. The van der Waals surface area contributed by atoms with Crippen molar-refractivity contribution in [3.63, 3.8) is 0 Å². The van der Waals surface area contributed by atoms with E-state index in [4.69, 9.17) is 0 Å². The summed E-state index contributed by atoms with van der Waals surface area (Å²) in [5.74, 6) is -0.462. The van der Waals surface area contributed by atoms with Gasteiger partial charge in [-0.05, 0) is 0 Å². The predicted octanol–water partition coefficient (Wildman–Crippen LogP) is -0.624. The van der Waals surface area contributed by atoms with Crippen LogP contribution in [0, 0.1) is 0 Å². The number of carbonyl (C=O) groups excluding carboxylic acids is 2. The molecule has 1 aromatic heterocycles. The molecule has 7 nitrogen and oxygen atoms in total. The minimum atomic E-state index is -0.462. The van der Waals surface area contributed by atoms with Crippen LogP contribution in [0.25, 0.3) is 0 Å². The number of aromatic amines is 1. The minimum Gasteiger partial charge on any atom is -0.367 e. The van der Waals surface area contributed by atoms with Gasteiger partial charge in [-0.15, -0.1) is 0 Å². The van der Waals surface area contributed by atoms with E-state index in [1.165, 1.54) is 23.4 Å². The fourth-order valence-electron chi connectivity index (χ4n) is 1.19. The van der Waals surface area contributed by atoms with E-state index in [1.54, 1.807) is 14.1 Å². The average Bonchev–Trinajstić information content (AvgIpc) is 2.34. The first-order chi connectivity index (χ1) is 8.52. The zero-order chi connectivity index (χ0) is 13.5. The van der Waals surface area contributed by atoms with Crippen molar-refractivity contribution in [1.82, 2.24) is 20.5 Å². The smallest absolute Gasteiger partial charge is 0.316 e. The molecule has 0 radical (unpaired) electrons. The number of hydrogen-bond acceptors (Lipinski definition) is 3. The molecule has 0 saturated carbocycles. The fraction of sp³-hybridized carbons (Fsp3) is 0.364. The SMILES string of the molecule is CN(C)C(=O)NCCNC(=O)c1c[nH]ccc1=O. The van der Waals surface area contributed by atoms with Gasteiger partial charge in [-0.25, -0.2) is 4.79 Å². The first-order valence-corrected chi connectivity index (χ1v) is 5.43. The molecule has 7 heteroatoms. The van der Waals surface area contributed by atoms with Gasteiger partial charge >= 0.3 is 6.03 Å². The van der Waals surface area contributed by atoms with E-state index in [2.05, 4.69) is 15.6 Å². The monoisotopic (exact) mass is 252 g/mol. The van der Waals surface area contributed by atoms with Gasteiger partial charge in [0.25, 0.3) is 5.91 Å². The molecular formula is C11H16N4O3. The van der Waals surface area contributed by atoms with Crippen LogP contribution in [0.3, 0.4) is 0 Å². The van der Waals surface area contributed by atoms with Crippen LogP contribution in [0.15, 0.2) is 23.3 Å². The minimum absolute atomic E-state index is 0.0523. The number of aromatic nitrogens is 1. The summed E-state index contributed by atoms with van der Waals surface area (Å²) in [6.45, 7) is 0.556. The Kier molecular flexibility index (Phi) is 4.91. The van der Waals surface area contributed by atoms with Crippen molar-refractivity contribution < 1.29 is 9.59 Å². The van der Waals surface area contributed by atoms with Crippen molar-refractivity contribution in [2.75, 3.05) is 27.2 Å². The van der Waals surface area contributed by atoms with Crippen LogP contribution < -0.4 is 16.1 Å². The molecule has 18 heavy (non-hydrogen) atoms. The third-order valence-electron chi connectivity index (χ3n) is 2.16. The van der Waals surface area contributed by atoms with E-state index in [0.717, 1.165) is 0 Å². The Labute approximate surface area is 104 Å². The number of urea groups is 1. The highest BCUT2D eigenvalue weighted by Crippen LogP contribution is 1.87. The molecule has 0 aliphatic rings. The van der Waals surface area contributed by atoms with E-state index in [1.807, 2.05) is 0 Å². The molecule has 0 aliphatic carbocycles. The van der Waals surface area contributed by atoms with Crippen LogP contribution in [-0.2, 0) is 0 Å².